The largest absolute Gasteiger partial charge is 0.484 e. The second-order valence-electron chi connectivity index (χ2n) is 5.08. The van der Waals surface area contributed by atoms with Crippen molar-refractivity contribution in [2.45, 2.75) is 20.3 Å². The van der Waals surface area contributed by atoms with E-state index in [2.05, 4.69) is 11.4 Å². The number of nitrogens with zero attached hydrogens (tertiary/aromatic N) is 1. The van der Waals surface area contributed by atoms with E-state index < -0.39 is 0 Å². The highest BCUT2D eigenvalue weighted by atomic mass is 16.5. The fourth-order valence-electron chi connectivity index (χ4n) is 2.13. The molecule has 0 saturated heterocycles. The van der Waals surface area contributed by atoms with Crippen LogP contribution < -0.4 is 10.1 Å². The van der Waals surface area contributed by atoms with Gasteiger partial charge in [-0.15, -0.1) is 0 Å². The van der Waals surface area contributed by atoms with Crippen LogP contribution in [0.2, 0.25) is 0 Å². The molecule has 0 aliphatic heterocycles. The maximum absolute atomic E-state index is 12.0. The third kappa shape index (κ3) is 4.10. The molecule has 2 rings (SSSR count). The third-order valence-electron chi connectivity index (χ3n) is 3.32. The van der Waals surface area contributed by atoms with E-state index in [1.165, 1.54) is 0 Å². The Balaban J connectivity index is 1.91. The number of nitrogens with one attached hydrogen (secondary N) is 1. The first kappa shape index (κ1) is 15.6. The Morgan fingerprint density at radius 3 is 2.36 bits per heavy atom. The van der Waals surface area contributed by atoms with Crippen LogP contribution in [0.1, 0.15) is 16.7 Å². The first-order valence-electron chi connectivity index (χ1n) is 7.05. The molecule has 4 nitrogen and oxygen atoms in total. The summed E-state index contributed by atoms with van der Waals surface area (Å²) in [5.41, 5.74) is 3.80. The van der Waals surface area contributed by atoms with Gasteiger partial charge in [0, 0.05) is 5.69 Å². The van der Waals surface area contributed by atoms with Gasteiger partial charge in [0.1, 0.15) is 5.75 Å². The van der Waals surface area contributed by atoms with Crippen molar-refractivity contribution in [1.29, 1.82) is 5.26 Å². The molecule has 0 spiro atoms. The quantitative estimate of drug-likeness (QED) is 0.919. The van der Waals surface area contributed by atoms with Crippen molar-refractivity contribution in [2.24, 2.45) is 0 Å². The van der Waals surface area contributed by atoms with Crippen molar-refractivity contribution >= 4 is 11.6 Å². The Morgan fingerprint density at radius 1 is 1.14 bits per heavy atom. The summed E-state index contributed by atoms with van der Waals surface area (Å²) in [5, 5.41) is 11.5. The number of hydrogen-bond acceptors (Lipinski definition) is 3. The highest BCUT2D eigenvalue weighted by Crippen LogP contribution is 2.19. The topological polar surface area (TPSA) is 62.1 Å². The number of anilines is 1. The van der Waals surface area contributed by atoms with Crippen LogP contribution in [0, 0.1) is 25.2 Å². The fourth-order valence-corrected chi connectivity index (χ4v) is 2.13. The summed E-state index contributed by atoms with van der Waals surface area (Å²) in [6.45, 7) is 3.86. The molecule has 1 amide bonds. The zero-order valence-corrected chi connectivity index (χ0v) is 12.7. The molecule has 0 saturated carbocycles. The van der Waals surface area contributed by atoms with Crippen LogP contribution in [0.5, 0.6) is 5.75 Å². The lowest BCUT2D eigenvalue weighted by Gasteiger charge is -2.12. The van der Waals surface area contributed by atoms with Crippen molar-refractivity contribution in [3.8, 4) is 11.8 Å². The highest BCUT2D eigenvalue weighted by Gasteiger charge is 2.08. The van der Waals surface area contributed by atoms with Gasteiger partial charge in [-0.25, -0.2) is 0 Å². The van der Waals surface area contributed by atoms with Crippen LogP contribution in [0.25, 0.3) is 0 Å². The van der Waals surface area contributed by atoms with Crippen molar-refractivity contribution in [2.75, 3.05) is 11.9 Å². The maximum atomic E-state index is 12.0. The molecule has 0 fully saturated rings. The Labute approximate surface area is 130 Å². The van der Waals surface area contributed by atoms with Gasteiger partial charge in [-0.1, -0.05) is 30.3 Å². The lowest BCUT2D eigenvalue weighted by atomic mass is 10.1. The zero-order valence-electron chi connectivity index (χ0n) is 12.7. The maximum Gasteiger partial charge on any atom is 0.262 e. The van der Waals surface area contributed by atoms with E-state index in [-0.39, 0.29) is 12.5 Å². The number of amides is 1. The number of carbonyl (C=O) groups is 1. The second-order valence-corrected chi connectivity index (χ2v) is 5.08. The minimum Gasteiger partial charge on any atom is -0.484 e. The monoisotopic (exact) mass is 294 g/mol. The van der Waals surface area contributed by atoms with Gasteiger partial charge in [0.2, 0.25) is 0 Å². The van der Waals surface area contributed by atoms with Crippen LogP contribution in [-0.4, -0.2) is 12.5 Å². The third-order valence-corrected chi connectivity index (χ3v) is 3.32. The standard InChI is InChI=1S/C18H18N2O2/c1-13-4-3-5-14(2)18(13)20-17(21)12-22-16-8-6-15(7-9-16)10-11-19/h3-9H,10,12H2,1-2H3,(H,20,21). The molecule has 0 heterocycles. The van der Waals surface area contributed by atoms with Gasteiger partial charge in [-0.3, -0.25) is 4.79 Å². The number of rotatable bonds is 5. The molecule has 2 aromatic carbocycles. The fraction of sp³-hybridized carbons (Fsp3) is 0.222. The van der Waals surface area contributed by atoms with Gasteiger partial charge in [0.05, 0.1) is 12.5 Å². The van der Waals surface area contributed by atoms with E-state index in [9.17, 15) is 4.79 Å². The van der Waals surface area contributed by atoms with Gasteiger partial charge in [0.25, 0.3) is 5.91 Å². The van der Waals surface area contributed by atoms with Gasteiger partial charge in [0.15, 0.2) is 6.61 Å². The van der Waals surface area contributed by atoms with Crippen LogP contribution in [0.4, 0.5) is 5.69 Å². The highest BCUT2D eigenvalue weighted by molar-refractivity contribution is 5.93. The smallest absolute Gasteiger partial charge is 0.262 e. The van der Waals surface area contributed by atoms with Crippen LogP contribution in [0.3, 0.4) is 0 Å². The number of nitriles is 1. The molecule has 0 aliphatic carbocycles. The molecule has 0 aromatic heterocycles. The summed E-state index contributed by atoms with van der Waals surface area (Å²) in [7, 11) is 0. The number of aryl methyl sites for hydroxylation is 2. The molecule has 2 aromatic rings. The molecule has 22 heavy (non-hydrogen) atoms. The summed E-state index contributed by atoms with van der Waals surface area (Å²) in [4.78, 5) is 12.0. The van der Waals surface area contributed by atoms with E-state index >= 15 is 0 Å². The Morgan fingerprint density at radius 2 is 1.77 bits per heavy atom. The number of benzene rings is 2. The Hall–Kier alpha value is -2.80. The van der Waals surface area contributed by atoms with E-state index in [0.29, 0.717) is 12.2 Å². The van der Waals surface area contributed by atoms with Crippen LogP contribution >= 0.6 is 0 Å². The minimum absolute atomic E-state index is 0.0502. The first-order chi connectivity index (χ1) is 10.6. The van der Waals surface area contributed by atoms with Crippen molar-refractivity contribution in [3.05, 3.63) is 59.2 Å². The normalized spacial score (nSPS) is 9.86. The molecule has 1 N–H and O–H groups in total. The predicted octanol–water partition coefficient (Wildman–Crippen LogP) is 3.39. The molecule has 0 atom stereocenters. The number of carbonyl (C=O) groups excluding carboxylic acids is 1. The molecule has 0 radical (unpaired) electrons. The predicted molar refractivity (Wildman–Crippen MR) is 85.8 cm³/mol. The van der Waals surface area contributed by atoms with E-state index in [1.807, 2.05) is 44.2 Å². The average molecular weight is 294 g/mol. The average Bonchev–Trinajstić information content (AvgIpc) is 2.51. The van der Waals surface area contributed by atoms with E-state index in [4.69, 9.17) is 10.00 Å². The number of hydrogen-bond donors (Lipinski definition) is 1. The van der Waals surface area contributed by atoms with Crippen LogP contribution in [-0.2, 0) is 11.2 Å². The van der Waals surface area contributed by atoms with Gasteiger partial charge in [-0.05, 0) is 42.7 Å². The molecule has 0 bridgehead atoms. The molecular formula is C18H18N2O2. The van der Waals surface area contributed by atoms with Crippen LogP contribution in [0.15, 0.2) is 42.5 Å². The van der Waals surface area contributed by atoms with E-state index in [1.54, 1.807) is 12.1 Å². The molecule has 0 unspecified atom stereocenters. The van der Waals surface area contributed by atoms with Gasteiger partial charge < -0.3 is 10.1 Å². The summed E-state index contributed by atoms with van der Waals surface area (Å²) in [6, 6.07) is 15.1. The van der Waals surface area contributed by atoms with E-state index in [0.717, 1.165) is 22.4 Å². The molecular weight excluding hydrogens is 276 g/mol. The molecule has 0 aliphatic rings. The lowest BCUT2D eigenvalue weighted by Crippen LogP contribution is -2.21. The summed E-state index contributed by atoms with van der Waals surface area (Å²) < 4.78 is 5.46. The van der Waals surface area contributed by atoms with Gasteiger partial charge in [-0.2, -0.15) is 5.26 Å². The van der Waals surface area contributed by atoms with Crippen molar-refractivity contribution < 1.29 is 9.53 Å². The number of ether oxygens (including phenoxy) is 1. The Bertz CT molecular complexity index is 680. The number of para-hydroxylation sites is 1. The van der Waals surface area contributed by atoms with Crippen molar-refractivity contribution in [1.82, 2.24) is 0 Å². The van der Waals surface area contributed by atoms with Crippen molar-refractivity contribution in [3.63, 3.8) is 0 Å². The SMILES string of the molecule is Cc1cccc(C)c1NC(=O)COc1ccc(CC#N)cc1. The molecule has 4 heteroatoms. The summed E-state index contributed by atoms with van der Waals surface area (Å²) in [6.07, 6.45) is 0.368. The first-order valence-corrected chi connectivity index (χ1v) is 7.05. The second kappa shape index (κ2) is 7.28. The lowest BCUT2D eigenvalue weighted by molar-refractivity contribution is -0.118. The Kier molecular flexibility index (Phi) is 5.16. The summed E-state index contributed by atoms with van der Waals surface area (Å²) >= 11 is 0. The van der Waals surface area contributed by atoms with Gasteiger partial charge >= 0.3 is 0 Å². The minimum atomic E-state index is -0.196. The molecule has 112 valence electrons. The summed E-state index contributed by atoms with van der Waals surface area (Å²) in [5.74, 6) is 0.414. The zero-order chi connectivity index (χ0) is 15.9.